The first-order chi connectivity index (χ1) is 21.4. The van der Waals surface area contributed by atoms with Crippen LogP contribution in [-0.4, -0.2) is 81.6 Å². The Labute approximate surface area is 252 Å². The molecular weight excluding hydrogens is 647 g/mol. The number of aliphatic carboxylic acids is 2. The number of carboxylic acids is 2. The van der Waals surface area contributed by atoms with Crippen LogP contribution in [0.4, 0.5) is 45.2 Å². The Morgan fingerprint density at radius 3 is 1.83 bits per heavy atom. The molecule has 252 valence electrons. The van der Waals surface area contributed by atoms with Gasteiger partial charge in [-0.15, -0.1) is 0 Å². The Morgan fingerprint density at radius 1 is 0.891 bits per heavy atom. The molecule has 0 aliphatic carbocycles. The first-order valence-corrected chi connectivity index (χ1v) is 12.7. The summed E-state index contributed by atoms with van der Waals surface area (Å²) in [5.41, 5.74) is 6.75. The summed E-state index contributed by atoms with van der Waals surface area (Å²) in [4.78, 5) is 32.6. The molecule has 11 nitrogen and oxygen atoms in total. The highest BCUT2D eigenvalue weighted by molar-refractivity contribution is 5.73. The van der Waals surface area contributed by atoms with E-state index in [9.17, 15) is 44.3 Å². The molecule has 0 amide bonds. The van der Waals surface area contributed by atoms with Crippen molar-refractivity contribution in [1.82, 2.24) is 19.7 Å². The minimum absolute atomic E-state index is 0.0126. The second-order valence-electron chi connectivity index (χ2n) is 9.07. The van der Waals surface area contributed by atoms with Gasteiger partial charge in [-0.05, 0) is 35.4 Å². The highest BCUT2D eigenvalue weighted by Gasteiger charge is 2.38. The van der Waals surface area contributed by atoms with Gasteiger partial charge < -0.3 is 26.2 Å². The van der Waals surface area contributed by atoms with Crippen LogP contribution in [0.25, 0.3) is 16.8 Å². The molecule has 0 atom stereocenters. The van der Waals surface area contributed by atoms with Gasteiger partial charge >= 0.3 is 30.0 Å². The molecule has 0 saturated carbocycles. The molecule has 1 saturated heterocycles. The van der Waals surface area contributed by atoms with Crippen molar-refractivity contribution >= 4 is 17.6 Å². The van der Waals surface area contributed by atoms with E-state index >= 15 is 0 Å². The number of halogens is 9. The van der Waals surface area contributed by atoms with E-state index in [1.807, 2.05) is 24.3 Å². The van der Waals surface area contributed by atoms with E-state index in [0.717, 1.165) is 53.0 Å². The second kappa shape index (κ2) is 15.9. The maximum Gasteiger partial charge on any atom is 0.490 e. The largest absolute Gasteiger partial charge is 0.490 e. The molecule has 2 heterocycles. The maximum atomic E-state index is 14.9. The monoisotopic (exact) mass is 672 g/mol. The van der Waals surface area contributed by atoms with Gasteiger partial charge in [-0.2, -0.15) is 40.2 Å². The third kappa shape index (κ3) is 10.6. The fourth-order valence-electron chi connectivity index (χ4n) is 3.66. The first kappa shape index (κ1) is 37.3. The highest BCUT2D eigenvalue weighted by Crippen LogP contribution is 2.26. The summed E-state index contributed by atoms with van der Waals surface area (Å²) in [6, 6.07) is 12.4. The molecule has 0 radical (unpaired) electrons. The van der Waals surface area contributed by atoms with Gasteiger partial charge in [0.25, 0.3) is 6.08 Å². The van der Waals surface area contributed by atoms with Crippen LogP contribution in [0, 0.1) is 5.82 Å². The number of nitrogens with zero attached hydrogens (tertiary/aromatic N) is 4. The third-order valence-electron chi connectivity index (χ3n) is 5.96. The minimum atomic E-state index is -5.08. The predicted molar refractivity (Wildman–Crippen MR) is 144 cm³/mol. The van der Waals surface area contributed by atoms with E-state index in [2.05, 4.69) is 15.3 Å². The molecule has 0 spiro atoms. The van der Waals surface area contributed by atoms with Crippen LogP contribution in [0.1, 0.15) is 0 Å². The van der Waals surface area contributed by atoms with Gasteiger partial charge in [-0.25, -0.2) is 28.0 Å². The lowest BCUT2D eigenvalue weighted by molar-refractivity contribution is -0.193. The fourth-order valence-corrected chi connectivity index (χ4v) is 3.66. The number of hydrogen-bond acceptors (Lipinski definition) is 7. The van der Waals surface area contributed by atoms with E-state index in [1.54, 1.807) is 6.07 Å². The Morgan fingerprint density at radius 2 is 1.39 bits per heavy atom. The molecule has 3 aromatic rings. The smallest absolute Gasteiger partial charge is 0.475 e. The Kier molecular flexibility index (Phi) is 12.9. The Bertz CT molecular complexity index is 1550. The number of rotatable bonds is 6. The van der Waals surface area contributed by atoms with Crippen molar-refractivity contribution in [2.24, 2.45) is 5.73 Å². The summed E-state index contributed by atoms with van der Waals surface area (Å²) >= 11 is 0. The molecule has 0 unspecified atom stereocenters. The van der Waals surface area contributed by atoms with Crippen molar-refractivity contribution in [2.75, 3.05) is 37.6 Å². The van der Waals surface area contributed by atoms with Crippen LogP contribution < -0.4 is 21.6 Å². The standard InChI is InChI=1S/C22H23F3N6O.2C2HF3O2/c23-19-11-16(15-1-4-18(5-2-15)29-9-7-27-8-10-29)3-6-20(19)30-14-28-31(22(30)32)13-17(12-26)21(24)25;2*3-2(4,5)1(6)7/h1-6,11,14,27H,7-10,12-13,26H2;2*(H,6,7). The van der Waals surface area contributed by atoms with Crippen LogP contribution in [0.15, 0.2) is 65.2 Å². The summed E-state index contributed by atoms with van der Waals surface area (Å²) in [6.07, 6.45) is -11.0. The summed E-state index contributed by atoms with van der Waals surface area (Å²) in [5, 5.41) is 21.4. The molecule has 1 fully saturated rings. The lowest BCUT2D eigenvalue weighted by Gasteiger charge is -2.29. The molecule has 1 aliphatic rings. The lowest BCUT2D eigenvalue weighted by atomic mass is 10.0. The number of piperazine rings is 1. The number of nitrogens with two attached hydrogens (primary N) is 1. The summed E-state index contributed by atoms with van der Waals surface area (Å²) in [7, 11) is 0. The fraction of sp³-hybridized carbons (Fsp3) is 0.308. The second-order valence-corrected chi connectivity index (χ2v) is 9.07. The van der Waals surface area contributed by atoms with Gasteiger partial charge in [-0.1, -0.05) is 18.2 Å². The number of carboxylic acid groups (broad SMARTS) is 2. The molecule has 1 aromatic heterocycles. The van der Waals surface area contributed by atoms with Gasteiger partial charge in [0.05, 0.1) is 12.2 Å². The molecule has 4 rings (SSSR count). The van der Waals surface area contributed by atoms with Crippen molar-refractivity contribution in [2.45, 2.75) is 18.9 Å². The van der Waals surface area contributed by atoms with Crippen LogP contribution in [-0.2, 0) is 16.1 Å². The maximum absolute atomic E-state index is 14.9. The van der Waals surface area contributed by atoms with E-state index < -0.39 is 60.5 Å². The predicted octanol–water partition coefficient (Wildman–Crippen LogP) is 3.63. The van der Waals surface area contributed by atoms with Gasteiger partial charge in [0.1, 0.15) is 12.1 Å². The summed E-state index contributed by atoms with van der Waals surface area (Å²) in [5.74, 6) is -6.14. The highest BCUT2D eigenvalue weighted by atomic mass is 19.4. The number of benzene rings is 2. The van der Waals surface area contributed by atoms with E-state index in [0.29, 0.717) is 5.56 Å². The van der Waals surface area contributed by atoms with Crippen molar-refractivity contribution < 1.29 is 59.3 Å². The van der Waals surface area contributed by atoms with Crippen LogP contribution in [0.2, 0.25) is 0 Å². The molecule has 5 N–H and O–H groups in total. The van der Waals surface area contributed by atoms with Crippen LogP contribution >= 0.6 is 0 Å². The van der Waals surface area contributed by atoms with Crippen molar-refractivity contribution in [1.29, 1.82) is 0 Å². The number of carbonyl (C=O) groups is 2. The Hall–Kier alpha value is -4.85. The zero-order valence-corrected chi connectivity index (χ0v) is 23.2. The number of anilines is 1. The van der Waals surface area contributed by atoms with E-state index in [-0.39, 0.29) is 5.69 Å². The first-order valence-electron chi connectivity index (χ1n) is 12.7. The average molecular weight is 673 g/mol. The van der Waals surface area contributed by atoms with E-state index in [1.165, 1.54) is 12.1 Å². The van der Waals surface area contributed by atoms with Crippen LogP contribution in [0.3, 0.4) is 0 Å². The zero-order valence-electron chi connectivity index (χ0n) is 23.2. The minimum Gasteiger partial charge on any atom is -0.475 e. The Balaban J connectivity index is 0.000000440. The average Bonchev–Trinajstić information content (AvgIpc) is 3.35. The quantitative estimate of drug-likeness (QED) is 0.288. The molecule has 0 bridgehead atoms. The van der Waals surface area contributed by atoms with Crippen molar-refractivity contribution in [3.63, 3.8) is 0 Å². The van der Waals surface area contributed by atoms with Crippen molar-refractivity contribution in [3.05, 3.63) is 76.7 Å². The van der Waals surface area contributed by atoms with Crippen LogP contribution in [0.5, 0.6) is 0 Å². The topological polar surface area (TPSA) is 156 Å². The normalized spacial score (nSPS) is 13.1. The van der Waals surface area contributed by atoms with Gasteiger partial charge in [0, 0.05) is 44.0 Å². The SMILES string of the molecule is NCC(Cn1ncn(-c2ccc(-c3ccc(N4CCNCC4)cc3)cc2F)c1=O)=C(F)F.O=C(O)C(F)(F)F.O=C(O)C(F)(F)F. The lowest BCUT2D eigenvalue weighted by Crippen LogP contribution is -2.43. The van der Waals surface area contributed by atoms with Gasteiger partial charge in [-0.3, -0.25) is 0 Å². The number of alkyl halides is 6. The third-order valence-corrected chi connectivity index (χ3v) is 5.96. The zero-order chi connectivity index (χ0) is 34.8. The molecule has 1 aliphatic heterocycles. The number of hydrogen-bond donors (Lipinski definition) is 4. The van der Waals surface area contributed by atoms with Gasteiger partial charge in [0.2, 0.25) is 0 Å². The van der Waals surface area contributed by atoms with Gasteiger partial charge in [0.15, 0.2) is 0 Å². The summed E-state index contributed by atoms with van der Waals surface area (Å²) in [6.45, 7) is 2.90. The van der Waals surface area contributed by atoms with E-state index in [4.69, 9.17) is 25.5 Å². The summed E-state index contributed by atoms with van der Waals surface area (Å²) < 4.78 is 106. The molecule has 20 heteroatoms. The number of nitrogens with one attached hydrogen (secondary N) is 1. The molecular formula is C26H25F9N6O5. The van der Waals surface area contributed by atoms with Crippen molar-refractivity contribution in [3.8, 4) is 16.8 Å². The molecule has 46 heavy (non-hydrogen) atoms. The number of aromatic nitrogens is 3. The molecule has 2 aromatic carbocycles.